The first kappa shape index (κ1) is 31.3. The number of alkyl halides is 2. The first-order valence-electron chi connectivity index (χ1n) is 9.71. The Balaban J connectivity index is 5.46. The molecular weight excluding hydrogens is 487 g/mol. The predicted octanol–water partition coefficient (Wildman–Crippen LogP) is 0.623. The van der Waals surface area contributed by atoms with Crippen LogP contribution in [0.5, 0.6) is 0 Å². The second-order valence-corrected chi connectivity index (χ2v) is 7.75. The molecule has 0 aromatic heterocycles. The van der Waals surface area contributed by atoms with Crippen molar-refractivity contribution >= 4 is 47.0 Å². The third-order valence-corrected chi connectivity index (χ3v) is 4.63. The van der Waals surface area contributed by atoms with Gasteiger partial charge in [0.05, 0.1) is 11.8 Å². The highest BCUT2D eigenvalue weighted by molar-refractivity contribution is 6.18. The van der Waals surface area contributed by atoms with Crippen LogP contribution in [0.3, 0.4) is 0 Å². The molecule has 0 spiro atoms. The normalized spacial score (nSPS) is 16.5. The number of nitrogens with one attached hydrogen (secondary N) is 2. The number of amides is 2. The lowest BCUT2D eigenvalue weighted by Crippen LogP contribution is -2.59. The van der Waals surface area contributed by atoms with Gasteiger partial charge in [0.25, 0.3) is 0 Å². The van der Waals surface area contributed by atoms with Gasteiger partial charge in [0.1, 0.15) is 32.2 Å². The highest BCUT2D eigenvalue weighted by Gasteiger charge is 2.42. The molecule has 2 unspecified atom stereocenters. The molecule has 192 valence electrons. The second-order valence-electron chi connectivity index (χ2n) is 7.13. The van der Waals surface area contributed by atoms with Crippen LogP contribution in [-0.4, -0.2) is 87.0 Å². The van der Waals surface area contributed by atoms with Crippen molar-refractivity contribution in [2.45, 2.75) is 57.8 Å². The Morgan fingerprint density at radius 2 is 1.09 bits per heavy atom. The number of carbonyl (C=O) groups excluding carboxylic acids is 4. The SMILES string of the molecule is COCO[C@H](CCl)C(C)(NC(C)=O)OC(=O)CC(=O)OC(C)(NC(C)=O)[C@@H](CCl)OCOC. The van der Waals surface area contributed by atoms with Gasteiger partial charge in [0.15, 0.2) is 0 Å². The topological polar surface area (TPSA) is 148 Å². The summed E-state index contributed by atoms with van der Waals surface area (Å²) in [7, 11) is 2.75. The lowest BCUT2D eigenvalue weighted by Gasteiger charge is -2.37. The van der Waals surface area contributed by atoms with Crippen LogP contribution in [-0.2, 0) is 47.6 Å². The number of rotatable bonds is 16. The molecule has 0 radical (unpaired) electrons. The molecule has 0 heterocycles. The van der Waals surface area contributed by atoms with Gasteiger partial charge in [-0.1, -0.05) is 0 Å². The molecule has 4 atom stereocenters. The Morgan fingerprint density at radius 3 is 1.33 bits per heavy atom. The van der Waals surface area contributed by atoms with Gasteiger partial charge < -0.3 is 39.1 Å². The van der Waals surface area contributed by atoms with Crippen molar-refractivity contribution < 1.29 is 47.6 Å². The number of esters is 2. The maximum Gasteiger partial charge on any atom is 0.319 e. The maximum absolute atomic E-state index is 12.5. The molecular formula is C19H32Cl2N2O10. The molecule has 0 aromatic rings. The largest absolute Gasteiger partial charge is 0.436 e. The Morgan fingerprint density at radius 1 is 0.758 bits per heavy atom. The summed E-state index contributed by atoms with van der Waals surface area (Å²) >= 11 is 11.8. The summed E-state index contributed by atoms with van der Waals surface area (Å²) < 4.78 is 31.0. The van der Waals surface area contributed by atoms with Crippen LogP contribution in [0.2, 0.25) is 0 Å². The molecule has 0 rings (SSSR count). The molecule has 33 heavy (non-hydrogen) atoms. The zero-order chi connectivity index (χ0) is 25.7. The first-order valence-corrected chi connectivity index (χ1v) is 10.8. The van der Waals surface area contributed by atoms with Crippen LogP contribution in [0.1, 0.15) is 34.1 Å². The second kappa shape index (κ2) is 15.3. The molecule has 0 aliphatic heterocycles. The van der Waals surface area contributed by atoms with Gasteiger partial charge in [-0.05, 0) is 13.8 Å². The standard InChI is InChI=1S/C19H32Cl2N2O10/c1-12(24)22-18(3,14(8-20)30-10-28-5)32-16(26)7-17(27)33-19(4,23-13(2)25)15(9-21)31-11-29-6/h14-15H,7-11H2,1-6H3,(H,22,24)(H,23,25)/t14-,15-,18?,19?/m1/s1. The minimum Gasteiger partial charge on any atom is -0.436 e. The summed E-state index contributed by atoms with van der Waals surface area (Å²) in [6.45, 7) is 4.72. The van der Waals surface area contributed by atoms with E-state index in [9.17, 15) is 19.2 Å². The zero-order valence-corrected chi connectivity index (χ0v) is 21.0. The van der Waals surface area contributed by atoms with E-state index in [4.69, 9.17) is 51.6 Å². The van der Waals surface area contributed by atoms with Gasteiger partial charge in [0.2, 0.25) is 23.3 Å². The van der Waals surface area contributed by atoms with Crippen LogP contribution < -0.4 is 10.6 Å². The maximum atomic E-state index is 12.5. The molecule has 0 bridgehead atoms. The van der Waals surface area contributed by atoms with Crippen LogP contribution in [0.4, 0.5) is 0 Å². The Kier molecular flexibility index (Phi) is 14.5. The third kappa shape index (κ3) is 11.3. The van der Waals surface area contributed by atoms with E-state index in [-0.39, 0.29) is 25.3 Å². The summed E-state index contributed by atoms with van der Waals surface area (Å²) in [5, 5.41) is 4.88. The number of hydrogen-bond acceptors (Lipinski definition) is 10. The molecule has 0 aromatic carbocycles. The summed E-state index contributed by atoms with van der Waals surface area (Å²) in [5.41, 5.74) is -3.44. The van der Waals surface area contributed by atoms with Crippen LogP contribution in [0, 0.1) is 0 Å². The molecule has 0 aliphatic carbocycles. The number of halogens is 2. The van der Waals surface area contributed by atoms with Gasteiger partial charge in [0, 0.05) is 28.1 Å². The highest BCUT2D eigenvalue weighted by atomic mass is 35.5. The molecule has 0 aliphatic rings. The van der Waals surface area contributed by atoms with Gasteiger partial charge >= 0.3 is 11.9 Å². The fraction of sp³-hybridized carbons (Fsp3) is 0.789. The molecule has 14 heteroatoms. The summed E-state index contributed by atoms with van der Waals surface area (Å²) in [6, 6.07) is 0. The molecule has 2 N–H and O–H groups in total. The first-order chi connectivity index (χ1) is 15.4. The van der Waals surface area contributed by atoms with E-state index >= 15 is 0 Å². The van der Waals surface area contributed by atoms with Crippen molar-refractivity contribution in [3.8, 4) is 0 Å². The molecule has 12 nitrogen and oxygen atoms in total. The molecule has 0 fully saturated rings. The third-order valence-electron chi connectivity index (χ3n) is 4.07. The van der Waals surface area contributed by atoms with Crippen LogP contribution in [0.25, 0.3) is 0 Å². The summed E-state index contributed by atoms with van der Waals surface area (Å²) in [6.07, 6.45) is -2.88. The van der Waals surface area contributed by atoms with Crippen LogP contribution >= 0.6 is 23.2 Å². The monoisotopic (exact) mass is 518 g/mol. The average Bonchev–Trinajstić information content (AvgIpc) is 2.66. The molecule has 0 saturated heterocycles. The summed E-state index contributed by atoms with van der Waals surface area (Å²) in [4.78, 5) is 48.3. The Hall–Kier alpha value is -1.70. The van der Waals surface area contributed by atoms with Crippen LogP contribution in [0.15, 0.2) is 0 Å². The fourth-order valence-corrected chi connectivity index (χ4v) is 3.47. The van der Waals surface area contributed by atoms with E-state index < -0.39 is 53.8 Å². The van der Waals surface area contributed by atoms with Crippen molar-refractivity contribution in [1.82, 2.24) is 10.6 Å². The number of carbonyl (C=O) groups is 4. The number of ether oxygens (including phenoxy) is 6. The smallest absolute Gasteiger partial charge is 0.319 e. The minimum atomic E-state index is -1.72. The van der Waals surface area contributed by atoms with Crippen molar-refractivity contribution in [2.24, 2.45) is 0 Å². The van der Waals surface area contributed by atoms with E-state index in [0.29, 0.717) is 0 Å². The number of hydrogen-bond donors (Lipinski definition) is 2. The summed E-state index contributed by atoms with van der Waals surface area (Å²) in [5.74, 6) is -3.54. The van der Waals surface area contributed by atoms with Crippen molar-refractivity contribution in [2.75, 3.05) is 39.6 Å². The fourth-order valence-electron chi connectivity index (χ4n) is 2.71. The van der Waals surface area contributed by atoms with E-state index in [2.05, 4.69) is 10.6 Å². The lowest BCUT2D eigenvalue weighted by molar-refractivity contribution is -0.201. The molecule has 2 amide bonds. The van der Waals surface area contributed by atoms with Gasteiger partial charge in [-0.3, -0.25) is 19.2 Å². The van der Waals surface area contributed by atoms with Gasteiger partial charge in [-0.2, -0.15) is 0 Å². The Bertz CT molecular complexity index is 614. The quantitative estimate of drug-likeness (QED) is 0.129. The average molecular weight is 519 g/mol. The zero-order valence-electron chi connectivity index (χ0n) is 19.5. The van der Waals surface area contributed by atoms with Crippen molar-refractivity contribution in [3.05, 3.63) is 0 Å². The van der Waals surface area contributed by atoms with E-state index in [1.165, 1.54) is 41.9 Å². The molecule has 0 saturated carbocycles. The highest BCUT2D eigenvalue weighted by Crippen LogP contribution is 2.21. The van der Waals surface area contributed by atoms with Gasteiger partial charge in [-0.15, -0.1) is 23.2 Å². The van der Waals surface area contributed by atoms with Gasteiger partial charge in [-0.25, -0.2) is 0 Å². The Labute approximate surface area is 202 Å². The van der Waals surface area contributed by atoms with E-state index in [1.54, 1.807) is 0 Å². The van der Waals surface area contributed by atoms with Crippen molar-refractivity contribution in [1.29, 1.82) is 0 Å². The lowest BCUT2D eigenvalue weighted by atomic mass is 10.1. The van der Waals surface area contributed by atoms with E-state index in [0.717, 1.165) is 0 Å². The van der Waals surface area contributed by atoms with Crippen molar-refractivity contribution in [3.63, 3.8) is 0 Å². The predicted molar refractivity (Wildman–Crippen MR) is 116 cm³/mol. The van der Waals surface area contributed by atoms with E-state index in [1.807, 2.05) is 0 Å². The number of methoxy groups -OCH3 is 2. The minimum absolute atomic E-state index is 0.174.